The fraction of sp³-hybridized carbons (Fsp3) is 0.333. The number of rotatable bonds is 5. The van der Waals surface area contributed by atoms with Gasteiger partial charge in [-0.05, 0) is 44.0 Å². The Bertz CT molecular complexity index is 624. The maximum absolute atomic E-state index is 6.02. The Morgan fingerprint density at radius 1 is 1.14 bits per heavy atom. The van der Waals surface area contributed by atoms with Crippen molar-refractivity contribution in [2.75, 3.05) is 12.3 Å². The van der Waals surface area contributed by atoms with Gasteiger partial charge in [-0.2, -0.15) is 4.98 Å². The Hall–Kier alpha value is -1.85. The van der Waals surface area contributed by atoms with Crippen LogP contribution in [0, 0.1) is 13.8 Å². The predicted molar refractivity (Wildman–Crippen MR) is 82.8 cm³/mol. The van der Waals surface area contributed by atoms with Gasteiger partial charge >= 0.3 is 0 Å². The van der Waals surface area contributed by atoms with Gasteiger partial charge in [-0.15, -0.1) is 0 Å². The summed E-state index contributed by atoms with van der Waals surface area (Å²) in [6.45, 7) is 6.66. The van der Waals surface area contributed by atoms with Crippen molar-refractivity contribution in [2.24, 2.45) is 0 Å². The Morgan fingerprint density at radius 3 is 2.43 bits per heavy atom. The molecule has 1 heterocycles. The lowest BCUT2D eigenvalue weighted by atomic mass is 10.1. The topological polar surface area (TPSA) is 70.3 Å². The highest BCUT2D eigenvalue weighted by atomic mass is 35.5. The van der Waals surface area contributed by atoms with Gasteiger partial charge in [-0.25, -0.2) is 4.98 Å². The van der Waals surface area contributed by atoms with Crippen LogP contribution in [0.2, 0.25) is 5.02 Å². The molecule has 0 aliphatic rings. The van der Waals surface area contributed by atoms with Crippen LogP contribution in [-0.4, -0.2) is 16.6 Å². The van der Waals surface area contributed by atoms with Gasteiger partial charge in [0.25, 0.3) is 0 Å². The molecule has 0 bridgehead atoms. The van der Waals surface area contributed by atoms with Crippen molar-refractivity contribution in [3.8, 4) is 11.6 Å². The van der Waals surface area contributed by atoms with Crippen molar-refractivity contribution in [2.45, 2.75) is 27.4 Å². The van der Waals surface area contributed by atoms with Crippen LogP contribution in [0.4, 0.5) is 5.82 Å². The van der Waals surface area contributed by atoms with Gasteiger partial charge in [0.1, 0.15) is 18.2 Å². The number of hydrogen-bond acceptors (Lipinski definition) is 5. The molecule has 0 saturated carbocycles. The second-order valence-electron chi connectivity index (χ2n) is 4.66. The van der Waals surface area contributed by atoms with Gasteiger partial charge in [0.05, 0.1) is 0 Å². The zero-order valence-electron chi connectivity index (χ0n) is 12.3. The Balaban J connectivity index is 2.29. The maximum Gasteiger partial charge on any atom is 0.224 e. The van der Waals surface area contributed by atoms with Gasteiger partial charge in [-0.1, -0.05) is 11.6 Å². The number of ether oxygens (including phenoxy) is 2. The van der Waals surface area contributed by atoms with E-state index in [1.165, 1.54) is 0 Å². The summed E-state index contributed by atoms with van der Waals surface area (Å²) in [5.74, 6) is 1.96. The second kappa shape index (κ2) is 6.74. The van der Waals surface area contributed by atoms with E-state index in [1.54, 1.807) is 6.07 Å². The Morgan fingerprint density at radius 2 is 1.81 bits per heavy atom. The normalized spacial score (nSPS) is 10.7. The Labute approximate surface area is 129 Å². The van der Waals surface area contributed by atoms with E-state index in [-0.39, 0.29) is 0 Å². The number of nitrogens with zero attached hydrogens (tertiary/aromatic N) is 2. The summed E-state index contributed by atoms with van der Waals surface area (Å²) in [7, 11) is 0. The molecule has 6 heteroatoms. The fourth-order valence-corrected chi connectivity index (χ4v) is 2.29. The molecule has 2 aromatic rings. The largest absolute Gasteiger partial charge is 0.438 e. The van der Waals surface area contributed by atoms with Crippen LogP contribution in [0.15, 0.2) is 18.2 Å². The summed E-state index contributed by atoms with van der Waals surface area (Å²) in [5.41, 5.74) is 7.64. The van der Waals surface area contributed by atoms with Crippen LogP contribution >= 0.6 is 11.6 Å². The zero-order valence-corrected chi connectivity index (χ0v) is 13.1. The van der Waals surface area contributed by atoms with Gasteiger partial charge in [0.2, 0.25) is 5.88 Å². The number of nitrogen functional groups attached to an aromatic ring is 1. The first-order valence-electron chi connectivity index (χ1n) is 6.65. The number of aromatic nitrogens is 2. The lowest BCUT2D eigenvalue weighted by molar-refractivity contribution is 0.128. The summed E-state index contributed by atoms with van der Waals surface area (Å²) in [6.07, 6.45) is 0. The summed E-state index contributed by atoms with van der Waals surface area (Å²) < 4.78 is 11.1. The quantitative estimate of drug-likeness (QED) is 0.913. The van der Waals surface area contributed by atoms with Gasteiger partial charge in [0, 0.05) is 17.7 Å². The van der Waals surface area contributed by atoms with Crippen molar-refractivity contribution < 1.29 is 9.47 Å². The molecule has 0 unspecified atom stereocenters. The minimum absolute atomic E-state index is 0.302. The zero-order chi connectivity index (χ0) is 15.4. The molecule has 21 heavy (non-hydrogen) atoms. The summed E-state index contributed by atoms with van der Waals surface area (Å²) >= 11 is 6.02. The monoisotopic (exact) mass is 307 g/mol. The van der Waals surface area contributed by atoms with Crippen LogP contribution in [0.3, 0.4) is 0 Å². The number of aryl methyl sites for hydroxylation is 2. The van der Waals surface area contributed by atoms with Crippen molar-refractivity contribution in [3.05, 3.63) is 40.2 Å². The van der Waals surface area contributed by atoms with E-state index in [2.05, 4.69) is 9.97 Å². The average Bonchev–Trinajstić information content (AvgIpc) is 2.40. The molecule has 0 amide bonds. The molecular formula is C15H18ClN3O2. The SMILES string of the molecule is CCOCc1nc(N)cc(Oc2c(C)cc(Cl)cc2C)n1. The van der Waals surface area contributed by atoms with Gasteiger partial charge in [-0.3, -0.25) is 0 Å². The fourth-order valence-electron chi connectivity index (χ4n) is 1.97. The lowest BCUT2D eigenvalue weighted by Gasteiger charge is -2.12. The summed E-state index contributed by atoms with van der Waals surface area (Å²) in [4.78, 5) is 8.41. The predicted octanol–water partition coefficient (Wildman–Crippen LogP) is 3.66. The van der Waals surface area contributed by atoms with Crippen molar-refractivity contribution in [1.29, 1.82) is 0 Å². The van der Waals surface area contributed by atoms with Crippen LogP contribution in [0.5, 0.6) is 11.6 Å². The highest BCUT2D eigenvalue weighted by molar-refractivity contribution is 6.30. The molecular weight excluding hydrogens is 290 g/mol. The number of benzene rings is 1. The third kappa shape index (κ3) is 4.06. The van der Waals surface area contributed by atoms with E-state index in [0.717, 1.165) is 16.9 Å². The van der Waals surface area contributed by atoms with Crippen LogP contribution < -0.4 is 10.5 Å². The first-order valence-corrected chi connectivity index (χ1v) is 7.03. The molecule has 0 fully saturated rings. The molecule has 2 N–H and O–H groups in total. The number of anilines is 1. The number of hydrogen-bond donors (Lipinski definition) is 1. The molecule has 0 saturated heterocycles. The van der Waals surface area contributed by atoms with Crippen molar-refractivity contribution in [1.82, 2.24) is 9.97 Å². The van der Waals surface area contributed by atoms with Gasteiger partial charge in [0.15, 0.2) is 5.82 Å². The van der Waals surface area contributed by atoms with Crippen molar-refractivity contribution >= 4 is 17.4 Å². The highest BCUT2D eigenvalue weighted by Crippen LogP contribution is 2.31. The van der Waals surface area contributed by atoms with Crippen LogP contribution in [0.25, 0.3) is 0 Å². The van der Waals surface area contributed by atoms with E-state index in [0.29, 0.717) is 35.8 Å². The maximum atomic E-state index is 6.02. The van der Waals surface area contributed by atoms with E-state index < -0.39 is 0 Å². The number of halogens is 1. The van der Waals surface area contributed by atoms with E-state index >= 15 is 0 Å². The highest BCUT2D eigenvalue weighted by Gasteiger charge is 2.10. The summed E-state index contributed by atoms with van der Waals surface area (Å²) in [5, 5.41) is 0.677. The van der Waals surface area contributed by atoms with E-state index in [9.17, 15) is 0 Å². The first-order chi connectivity index (χ1) is 9.99. The molecule has 2 rings (SSSR count). The van der Waals surface area contributed by atoms with E-state index in [1.807, 2.05) is 32.9 Å². The Kier molecular flexibility index (Phi) is 4.98. The third-order valence-corrected chi connectivity index (χ3v) is 3.05. The number of nitrogens with two attached hydrogens (primary N) is 1. The molecule has 5 nitrogen and oxygen atoms in total. The second-order valence-corrected chi connectivity index (χ2v) is 5.09. The lowest BCUT2D eigenvalue weighted by Crippen LogP contribution is -2.04. The first kappa shape index (κ1) is 15.5. The molecule has 1 aromatic heterocycles. The third-order valence-electron chi connectivity index (χ3n) is 2.84. The summed E-state index contributed by atoms with van der Waals surface area (Å²) in [6, 6.07) is 5.27. The average molecular weight is 308 g/mol. The van der Waals surface area contributed by atoms with Crippen LogP contribution in [-0.2, 0) is 11.3 Å². The van der Waals surface area contributed by atoms with E-state index in [4.69, 9.17) is 26.8 Å². The standard InChI is InChI=1S/C15H18ClN3O2/c1-4-20-8-13-18-12(17)7-14(19-13)21-15-9(2)5-11(16)6-10(15)3/h5-7H,4,8H2,1-3H3,(H2,17,18,19). The minimum atomic E-state index is 0.302. The molecule has 0 aliphatic carbocycles. The van der Waals surface area contributed by atoms with Crippen LogP contribution in [0.1, 0.15) is 23.9 Å². The molecule has 0 radical (unpaired) electrons. The van der Waals surface area contributed by atoms with Gasteiger partial charge < -0.3 is 15.2 Å². The molecule has 0 atom stereocenters. The molecule has 0 spiro atoms. The molecule has 112 valence electrons. The molecule has 0 aliphatic heterocycles. The molecule has 1 aromatic carbocycles. The minimum Gasteiger partial charge on any atom is -0.438 e. The smallest absolute Gasteiger partial charge is 0.224 e. The van der Waals surface area contributed by atoms with Crippen molar-refractivity contribution in [3.63, 3.8) is 0 Å².